The van der Waals surface area contributed by atoms with Gasteiger partial charge in [0.15, 0.2) is 0 Å². The molecule has 1 heterocycles. The maximum absolute atomic E-state index is 9.90. The van der Waals surface area contributed by atoms with E-state index in [0.29, 0.717) is 12.1 Å². The zero-order valence-electron chi connectivity index (χ0n) is 9.78. The first-order valence-electron chi connectivity index (χ1n) is 6.30. The Morgan fingerprint density at radius 1 is 1.20 bits per heavy atom. The summed E-state index contributed by atoms with van der Waals surface area (Å²) in [5.74, 6) is 0. The van der Waals surface area contributed by atoms with Gasteiger partial charge in [0.1, 0.15) is 0 Å². The molecule has 0 aromatic rings. The van der Waals surface area contributed by atoms with Crippen molar-refractivity contribution in [2.45, 2.75) is 63.1 Å². The summed E-state index contributed by atoms with van der Waals surface area (Å²) in [6.07, 6.45) is 6.85. The molecule has 0 bridgehead atoms. The maximum Gasteiger partial charge on any atom is 0.0644 e. The normalized spacial score (nSPS) is 37.8. The molecular weight excluding hydrogens is 188 g/mol. The van der Waals surface area contributed by atoms with Crippen LogP contribution in [0.1, 0.15) is 45.4 Å². The van der Waals surface area contributed by atoms with Crippen molar-refractivity contribution in [3.8, 4) is 0 Å². The van der Waals surface area contributed by atoms with Crippen molar-refractivity contribution in [2.75, 3.05) is 13.1 Å². The summed E-state index contributed by atoms with van der Waals surface area (Å²) in [4.78, 5) is 2.50. The molecule has 1 aliphatic heterocycles. The van der Waals surface area contributed by atoms with Crippen LogP contribution >= 0.6 is 0 Å². The van der Waals surface area contributed by atoms with Crippen molar-refractivity contribution in [1.82, 2.24) is 4.90 Å². The summed E-state index contributed by atoms with van der Waals surface area (Å²) in [7, 11) is 0. The number of nitrogens with two attached hydrogens (primary N) is 1. The molecule has 0 amide bonds. The number of aliphatic hydroxyl groups is 1. The first-order chi connectivity index (χ1) is 7.08. The van der Waals surface area contributed by atoms with Crippen molar-refractivity contribution in [2.24, 2.45) is 5.73 Å². The molecule has 1 saturated heterocycles. The molecule has 2 atom stereocenters. The molecule has 2 fully saturated rings. The highest BCUT2D eigenvalue weighted by Crippen LogP contribution is 2.28. The molecule has 0 spiro atoms. The van der Waals surface area contributed by atoms with Crippen LogP contribution in [0.15, 0.2) is 0 Å². The van der Waals surface area contributed by atoms with Crippen LogP contribution in [0.2, 0.25) is 0 Å². The summed E-state index contributed by atoms with van der Waals surface area (Å²) >= 11 is 0. The van der Waals surface area contributed by atoms with Crippen molar-refractivity contribution < 1.29 is 5.11 Å². The molecular formula is C12H24N2O. The standard InChI is InChI=1S/C12H24N2O/c1-12(15)6-8-14(9-7-12)11-5-3-2-4-10(11)13/h10-11,15H,2-9,13H2,1H3. The first-order valence-corrected chi connectivity index (χ1v) is 6.30. The average Bonchev–Trinajstić information content (AvgIpc) is 2.19. The van der Waals surface area contributed by atoms with E-state index in [1.165, 1.54) is 25.7 Å². The lowest BCUT2D eigenvalue weighted by Gasteiger charge is -2.43. The summed E-state index contributed by atoms with van der Waals surface area (Å²) in [5.41, 5.74) is 5.74. The number of nitrogens with zero attached hydrogens (tertiary/aromatic N) is 1. The van der Waals surface area contributed by atoms with Gasteiger partial charge >= 0.3 is 0 Å². The fraction of sp³-hybridized carbons (Fsp3) is 1.00. The van der Waals surface area contributed by atoms with Gasteiger partial charge in [-0.15, -0.1) is 0 Å². The van der Waals surface area contributed by atoms with Crippen molar-refractivity contribution >= 4 is 0 Å². The van der Waals surface area contributed by atoms with Crippen LogP contribution in [0.25, 0.3) is 0 Å². The fourth-order valence-corrected chi connectivity index (χ4v) is 2.93. The molecule has 3 N–H and O–H groups in total. The van der Waals surface area contributed by atoms with E-state index in [2.05, 4.69) is 4.90 Å². The molecule has 1 saturated carbocycles. The summed E-state index contributed by atoms with van der Waals surface area (Å²) in [6.45, 7) is 3.99. The Kier molecular flexibility index (Phi) is 3.33. The van der Waals surface area contributed by atoms with Crippen molar-refractivity contribution in [1.29, 1.82) is 0 Å². The third-order valence-electron chi connectivity index (χ3n) is 4.13. The monoisotopic (exact) mass is 212 g/mol. The van der Waals surface area contributed by atoms with Gasteiger partial charge in [-0.25, -0.2) is 0 Å². The lowest BCUT2D eigenvalue weighted by Crippen LogP contribution is -2.54. The second kappa shape index (κ2) is 4.40. The SMILES string of the molecule is CC1(O)CCN(C2CCCCC2N)CC1. The quantitative estimate of drug-likeness (QED) is 0.684. The van der Waals surface area contributed by atoms with Crippen molar-refractivity contribution in [3.05, 3.63) is 0 Å². The van der Waals surface area contributed by atoms with E-state index in [0.717, 1.165) is 25.9 Å². The van der Waals surface area contributed by atoms with Gasteiger partial charge in [0.2, 0.25) is 0 Å². The smallest absolute Gasteiger partial charge is 0.0644 e. The highest BCUT2D eigenvalue weighted by Gasteiger charge is 2.33. The van der Waals surface area contributed by atoms with Gasteiger partial charge in [0, 0.05) is 25.2 Å². The predicted molar refractivity (Wildman–Crippen MR) is 61.7 cm³/mol. The molecule has 0 aromatic heterocycles. The Labute approximate surface area is 92.6 Å². The second-order valence-electron chi connectivity index (χ2n) is 5.55. The molecule has 2 rings (SSSR count). The Morgan fingerprint density at radius 3 is 2.40 bits per heavy atom. The lowest BCUT2D eigenvalue weighted by molar-refractivity contribution is -0.0234. The number of hydrogen-bond donors (Lipinski definition) is 2. The number of likely N-dealkylation sites (tertiary alicyclic amines) is 1. The minimum absolute atomic E-state index is 0.363. The zero-order chi connectivity index (χ0) is 10.9. The van der Waals surface area contributed by atoms with Crippen LogP contribution in [-0.2, 0) is 0 Å². The van der Waals surface area contributed by atoms with Crippen LogP contribution in [0.4, 0.5) is 0 Å². The van der Waals surface area contributed by atoms with E-state index in [1.807, 2.05) is 6.92 Å². The number of piperidine rings is 1. The number of rotatable bonds is 1. The topological polar surface area (TPSA) is 49.5 Å². The molecule has 0 radical (unpaired) electrons. The van der Waals surface area contributed by atoms with Gasteiger partial charge in [0.05, 0.1) is 5.60 Å². The third-order valence-corrected chi connectivity index (χ3v) is 4.13. The van der Waals surface area contributed by atoms with Crippen molar-refractivity contribution in [3.63, 3.8) is 0 Å². The number of hydrogen-bond acceptors (Lipinski definition) is 3. The molecule has 0 aromatic carbocycles. The Balaban J connectivity index is 1.89. The largest absolute Gasteiger partial charge is 0.390 e. The fourth-order valence-electron chi connectivity index (χ4n) is 2.93. The second-order valence-corrected chi connectivity index (χ2v) is 5.55. The molecule has 1 aliphatic carbocycles. The Bertz CT molecular complexity index is 208. The van der Waals surface area contributed by atoms with Gasteiger partial charge in [-0.05, 0) is 32.6 Å². The highest BCUT2D eigenvalue weighted by molar-refractivity contribution is 4.90. The Morgan fingerprint density at radius 2 is 1.80 bits per heavy atom. The summed E-state index contributed by atoms with van der Waals surface area (Å²) < 4.78 is 0. The Hall–Kier alpha value is -0.120. The van der Waals surface area contributed by atoms with Crippen LogP contribution in [-0.4, -0.2) is 40.8 Å². The van der Waals surface area contributed by atoms with E-state index < -0.39 is 5.60 Å². The minimum Gasteiger partial charge on any atom is -0.390 e. The first kappa shape index (κ1) is 11.4. The molecule has 2 aliphatic rings. The van der Waals surface area contributed by atoms with E-state index in [9.17, 15) is 5.11 Å². The van der Waals surface area contributed by atoms with Crippen LogP contribution < -0.4 is 5.73 Å². The van der Waals surface area contributed by atoms with Gasteiger partial charge in [-0.1, -0.05) is 12.8 Å². The minimum atomic E-state index is -0.435. The molecule has 3 nitrogen and oxygen atoms in total. The van der Waals surface area contributed by atoms with E-state index >= 15 is 0 Å². The molecule has 2 unspecified atom stereocenters. The van der Waals surface area contributed by atoms with Gasteiger partial charge in [0.25, 0.3) is 0 Å². The maximum atomic E-state index is 9.90. The van der Waals surface area contributed by atoms with Gasteiger partial charge in [-0.3, -0.25) is 4.90 Å². The highest BCUT2D eigenvalue weighted by atomic mass is 16.3. The third kappa shape index (κ3) is 2.71. The van der Waals surface area contributed by atoms with Crippen LogP contribution in [0.3, 0.4) is 0 Å². The van der Waals surface area contributed by atoms with Crippen LogP contribution in [0.5, 0.6) is 0 Å². The molecule has 15 heavy (non-hydrogen) atoms. The van der Waals surface area contributed by atoms with E-state index in [-0.39, 0.29) is 0 Å². The van der Waals surface area contributed by atoms with Gasteiger partial charge in [-0.2, -0.15) is 0 Å². The molecule has 3 heteroatoms. The summed E-state index contributed by atoms with van der Waals surface area (Å²) in [5, 5.41) is 9.90. The molecule has 88 valence electrons. The zero-order valence-corrected chi connectivity index (χ0v) is 9.78. The predicted octanol–water partition coefficient (Wildman–Crippen LogP) is 1.10. The van der Waals surface area contributed by atoms with Crippen LogP contribution in [0, 0.1) is 0 Å². The average molecular weight is 212 g/mol. The van der Waals surface area contributed by atoms with Gasteiger partial charge < -0.3 is 10.8 Å². The van der Waals surface area contributed by atoms with E-state index in [4.69, 9.17) is 5.73 Å². The van der Waals surface area contributed by atoms with E-state index in [1.54, 1.807) is 0 Å². The summed E-state index contributed by atoms with van der Waals surface area (Å²) in [6, 6.07) is 0.941. The lowest BCUT2D eigenvalue weighted by atomic mass is 9.86.